The van der Waals surface area contributed by atoms with E-state index in [1.165, 1.54) is 44.1 Å². The van der Waals surface area contributed by atoms with E-state index in [0.29, 0.717) is 6.04 Å². The molecule has 1 aliphatic rings. The van der Waals surface area contributed by atoms with Crippen molar-refractivity contribution in [1.29, 1.82) is 0 Å². The van der Waals surface area contributed by atoms with Gasteiger partial charge in [0.05, 0.1) is 0 Å². The van der Waals surface area contributed by atoms with Gasteiger partial charge in [0.2, 0.25) is 0 Å². The average Bonchev–Trinajstić information content (AvgIpc) is 2.82. The molecule has 93 valence electrons. The number of hydrogen-bond donors (Lipinski definition) is 1. The van der Waals surface area contributed by atoms with Gasteiger partial charge in [-0.2, -0.15) is 0 Å². The van der Waals surface area contributed by atoms with E-state index in [0.717, 1.165) is 6.54 Å². The minimum absolute atomic E-state index is 0.682. The predicted molar refractivity (Wildman–Crippen MR) is 73.7 cm³/mol. The zero-order valence-corrected chi connectivity index (χ0v) is 10.9. The molecule has 0 aromatic heterocycles. The van der Waals surface area contributed by atoms with Crippen molar-refractivity contribution in [2.45, 2.75) is 58.0 Å². The van der Waals surface area contributed by atoms with Crippen LogP contribution in [0.3, 0.4) is 0 Å². The molecule has 1 N–H and O–H groups in total. The van der Waals surface area contributed by atoms with Crippen molar-refractivity contribution < 1.29 is 0 Å². The van der Waals surface area contributed by atoms with Gasteiger partial charge in [0.25, 0.3) is 0 Å². The van der Waals surface area contributed by atoms with Crippen molar-refractivity contribution in [3.63, 3.8) is 0 Å². The summed E-state index contributed by atoms with van der Waals surface area (Å²) >= 11 is 0. The fraction of sp³-hybridized carbons (Fsp3) is 0.562. The van der Waals surface area contributed by atoms with Crippen molar-refractivity contribution >= 4 is 0 Å². The lowest BCUT2D eigenvalue weighted by Crippen LogP contribution is -2.30. The first-order chi connectivity index (χ1) is 8.40. The SMILES string of the molecule is CCCC[C]1CCCC1NCc1ccccc1. The Labute approximate surface area is 106 Å². The smallest absolute Gasteiger partial charge is 0.0208 e. The third kappa shape index (κ3) is 3.85. The average molecular weight is 230 g/mol. The maximum absolute atomic E-state index is 3.72. The van der Waals surface area contributed by atoms with Crippen LogP contribution in [0, 0.1) is 5.92 Å². The first-order valence-corrected chi connectivity index (χ1v) is 7.02. The predicted octanol–water partition coefficient (Wildman–Crippen LogP) is 4.09. The highest BCUT2D eigenvalue weighted by Gasteiger charge is 2.26. The molecular formula is C16H24N. The molecule has 0 aliphatic heterocycles. The zero-order valence-electron chi connectivity index (χ0n) is 10.9. The minimum atomic E-state index is 0.682. The van der Waals surface area contributed by atoms with E-state index in [-0.39, 0.29) is 0 Å². The van der Waals surface area contributed by atoms with Gasteiger partial charge in [-0.1, -0.05) is 56.5 Å². The van der Waals surface area contributed by atoms with E-state index in [4.69, 9.17) is 0 Å². The Bertz CT molecular complexity index is 307. The first kappa shape index (κ1) is 12.6. The molecule has 1 radical (unpaired) electrons. The quantitative estimate of drug-likeness (QED) is 0.776. The molecule has 1 fully saturated rings. The second-order valence-corrected chi connectivity index (χ2v) is 5.07. The van der Waals surface area contributed by atoms with Crippen LogP contribution < -0.4 is 5.32 Å². The summed E-state index contributed by atoms with van der Waals surface area (Å²) in [5.74, 6) is 1.77. The van der Waals surface area contributed by atoms with Gasteiger partial charge in [-0.05, 0) is 30.7 Å². The van der Waals surface area contributed by atoms with E-state index in [2.05, 4.69) is 42.6 Å². The van der Waals surface area contributed by atoms with Gasteiger partial charge in [0.15, 0.2) is 0 Å². The molecule has 1 saturated carbocycles. The van der Waals surface area contributed by atoms with Gasteiger partial charge in [0, 0.05) is 12.6 Å². The van der Waals surface area contributed by atoms with Crippen LogP contribution in [0.1, 0.15) is 51.0 Å². The molecule has 1 heteroatoms. The van der Waals surface area contributed by atoms with Crippen molar-refractivity contribution in [2.75, 3.05) is 0 Å². The molecule has 0 bridgehead atoms. The van der Waals surface area contributed by atoms with Crippen LogP contribution in [0.5, 0.6) is 0 Å². The van der Waals surface area contributed by atoms with Gasteiger partial charge in [0.1, 0.15) is 0 Å². The standard InChI is InChI=1S/C16H24N/c1-2-3-10-15-11-7-12-16(15)17-13-14-8-5-4-6-9-14/h4-6,8-9,16-17H,2-3,7,10-13H2,1H3. The van der Waals surface area contributed by atoms with Gasteiger partial charge in [-0.15, -0.1) is 0 Å². The van der Waals surface area contributed by atoms with Crippen LogP contribution in [0.15, 0.2) is 30.3 Å². The second kappa shape index (κ2) is 6.80. The summed E-state index contributed by atoms with van der Waals surface area (Å²) in [6.45, 7) is 3.29. The number of nitrogens with one attached hydrogen (secondary N) is 1. The Morgan fingerprint density at radius 3 is 2.82 bits per heavy atom. The zero-order chi connectivity index (χ0) is 11.9. The fourth-order valence-electron chi connectivity index (χ4n) is 2.70. The summed E-state index contributed by atoms with van der Waals surface area (Å²) < 4.78 is 0. The number of benzene rings is 1. The lowest BCUT2D eigenvalue weighted by Gasteiger charge is -2.20. The summed E-state index contributed by atoms with van der Waals surface area (Å²) in [5, 5.41) is 3.72. The summed E-state index contributed by atoms with van der Waals surface area (Å²) in [4.78, 5) is 0. The van der Waals surface area contributed by atoms with Gasteiger partial charge in [-0.25, -0.2) is 0 Å². The Hall–Kier alpha value is -0.820. The molecule has 0 saturated heterocycles. The van der Waals surface area contributed by atoms with E-state index >= 15 is 0 Å². The Balaban J connectivity index is 1.78. The summed E-state index contributed by atoms with van der Waals surface area (Å²) in [5.41, 5.74) is 1.40. The van der Waals surface area contributed by atoms with Crippen LogP contribution in [0.4, 0.5) is 0 Å². The van der Waals surface area contributed by atoms with Gasteiger partial charge >= 0.3 is 0 Å². The topological polar surface area (TPSA) is 12.0 Å². The molecule has 0 amide bonds. The monoisotopic (exact) mass is 230 g/mol. The molecular weight excluding hydrogens is 206 g/mol. The van der Waals surface area contributed by atoms with Crippen LogP contribution in [-0.2, 0) is 6.54 Å². The van der Waals surface area contributed by atoms with Crippen LogP contribution in [0.2, 0.25) is 0 Å². The maximum atomic E-state index is 3.72. The number of hydrogen-bond acceptors (Lipinski definition) is 1. The van der Waals surface area contributed by atoms with E-state index in [9.17, 15) is 0 Å². The molecule has 1 nitrogen and oxygen atoms in total. The fourth-order valence-corrected chi connectivity index (χ4v) is 2.70. The lowest BCUT2D eigenvalue weighted by atomic mass is 9.96. The Morgan fingerprint density at radius 1 is 1.24 bits per heavy atom. The Kier molecular flexibility index (Phi) is 5.06. The highest BCUT2D eigenvalue weighted by atomic mass is 14.9. The van der Waals surface area contributed by atoms with E-state index in [1.807, 2.05) is 0 Å². The molecule has 17 heavy (non-hydrogen) atoms. The summed E-state index contributed by atoms with van der Waals surface area (Å²) in [6.07, 6.45) is 8.08. The molecule has 0 heterocycles. The van der Waals surface area contributed by atoms with Crippen LogP contribution >= 0.6 is 0 Å². The third-order valence-electron chi connectivity index (χ3n) is 3.73. The molecule has 1 aliphatic carbocycles. The van der Waals surface area contributed by atoms with E-state index < -0.39 is 0 Å². The van der Waals surface area contributed by atoms with Crippen molar-refractivity contribution in [3.05, 3.63) is 41.8 Å². The second-order valence-electron chi connectivity index (χ2n) is 5.07. The third-order valence-corrected chi connectivity index (χ3v) is 3.73. The molecule has 1 atom stereocenters. The first-order valence-electron chi connectivity index (χ1n) is 7.02. The van der Waals surface area contributed by atoms with Crippen molar-refractivity contribution in [1.82, 2.24) is 5.32 Å². The number of unbranched alkanes of at least 4 members (excludes halogenated alkanes) is 1. The molecule has 1 unspecified atom stereocenters. The van der Waals surface area contributed by atoms with E-state index in [1.54, 1.807) is 5.92 Å². The van der Waals surface area contributed by atoms with Crippen LogP contribution in [0.25, 0.3) is 0 Å². The maximum Gasteiger partial charge on any atom is 0.0208 e. The van der Waals surface area contributed by atoms with Crippen LogP contribution in [-0.4, -0.2) is 6.04 Å². The number of rotatable bonds is 6. The molecule has 2 rings (SSSR count). The highest BCUT2D eigenvalue weighted by Crippen LogP contribution is 2.31. The molecule has 1 aromatic carbocycles. The van der Waals surface area contributed by atoms with Gasteiger partial charge in [-0.3, -0.25) is 0 Å². The highest BCUT2D eigenvalue weighted by molar-refractivity contribution is 5.15. The normalized spacial score (nSPS) is 20.9. The molecule has 1 aromatic rings. The Morgan fingerprint density at radius 2 is 2.06 bits per heavy atom. The molecule has 0 spiro atoms. The van der Waals surface area contributed by atoms with Crippen molar-refractivity contribution in [2.24, 2.45) is 0 Å². The summed E-state index contributed by atoms with van der Waals surface area (Å²) in [7, 11) is 0. The largest absolute Gasteiger partial charge is 0.309 e. The van der Waals surface area contributed by atoms with Crippen molar-refractivity contribution in [3.8, 4) is 0 Å². The summed E-state index contributed by atoms with van der Waals surface area (Å²) in [6, 6.07) is 11.4. The minimum Gasteiger partial charge on any atom is -0.309 e. The lowest BCUT2D eigenvalue weighted by molar-refractivity contribution is 0.515. The van der Waals surface area contributed by atoms with Gasteiger partial charge < -0.3 is 5.32 Å².